The lowest BCUT2D eigenvalue weighted by Gasteiger charge is -2.24. The van der Waals surface area contributed by atoms with E-state index in [1.165, 1.54) is 44.6 Å². The summed E-state index contributed by atoms with van der Waals surface area (Å²) < 4.78 is 9.19. The summed E-state index contributed by atoms with van der Waals surface area (Å²) in [4.78, 5) is 10.6. The van der Waals surface area contributed by atoms with Crippen molar-refractivity contribution in [2.45, 2.75) is 58.8 Å². The Kier molecular flexibility index (Phi) is 6.51. The molecule has 0 unspecified atom stereocenters. The van der Waals surface area contributed by atoms with Crippen molar-refractivity contribution >= 4 is 33.1 Å². The molecule has 3 heterocycles. The van der Waals surface area contributed by atoms with Crippen molar-refractivity contribution in [1.29, 1.82) is 0 Å². The van der Waals surface area contributed by atoms with Crippen molar-refractivity contribution in [3.05, 3.63) is 138 Å². The monoisotopic (exact) mass is 637 g/mol. The lowest BCUT2D eigenvalue weighted by molar-refractivity contribution is 0.647. The Morgan fingerprint density at radius 2 is 1.29 bits per heavy atom. The van der Waals surface area contributed by atoms with Crippen LogP contribution in [0, 0.1) is 0 Å². The standard InChI is InChI=1S/C45H39N3O/c1-26(2)33-23-29(28-15-8-7-9-16-28)24-34(27(3)4)41(33)48-39-22-13-12-21-38(39)46-43(48)32-19-14-18-30-35-25-37-40(47-44(35)49-42(30)32)31-17-10-11-20-36(31)45(37,5)6/h7-27H,1-6H3. The molecular weight excluding hydrogens is 599 g/mol. The van der Waals surface area contributed by atoms with Gasteiger partial charge in [-0.15, -0.1) is 0 Å². The Bertz CT molecular complexity index is 2550. The van der Waals surface area contributed by atoms with Crippen molar-refractivity contribution in [2.75, 3.05) is 0 Å². The molecule has 0 aliphatic heterocycles. The zero-order valence-corrected chi connectivity index (χ0v) is 28.9. The van der Waals surface area contributed by atoms with Crippen molar-refractivity contribution in [3.63, 3.8) is 0 Å². The largest absolute Gasteiger partial charge is 0.437 e. The van der Waals surface area contributed by atoms with Gasteiger partial charge in [0, 0.05) is 21.8 Å². The fourth-order valence-electron chi connectivity index (χ4n) is 8.01. The zero-order valence-electron chi connectivity index (χ0n) is 28.9. The molecule has 4 heteroatoms. The molecule has 3 aromatic heterocycles. The van der Waals surface area contributed by atoms with E-state index in [4.69, 9.17) is 14.4 Å². The molecule has 0 N–H and O–H groups in total. The van der Waals surface area contributed by atoms with E-state index in [0.29, 0.717) is 5.71 Å². The van der Waals surface area contributed by atoms with Gasteiger partial charge in [-0.05, 0) is 81.6 Å². The number of nitrogens with zero attached hydrogens (tertiary/aromatic N) is 3. The Hall–Kier alpha value is -5.48. The summed E-state index contributed by atoms with van der Waals surface area (Å²) in [6.07, 6.45) is 0. The molecule has 4 nitrogen and oxygen atoms in total. The lowest BCUT2D eigenvalue weighted by atomic mass is 9.82. The van der Waals surface area contributed by atoms with Gasteiger partial charge in [-0.3, -0.25) is 4.57 Å². The quantitative estimate of drug-likeness (QED) is 0.189. The molecule has 8 aromatic rings. The Morgan fingerprint density at radius 1 is 0.612 bits per heavy atom. The third-order valence-corrected chi connectivity index (χ3v) is 10.6. The molecule has 0 atom stereocenters. The maximum atomic E-state index is 6.80. The van der Waals surface area contributed by atoms with Crippen LogP contribution in [0.1, 0.15) is 75.6 Å². The van der Waals surface area contributed by atoms with Crippen LogP contribution in [0.3, 0.4) is 0 Å². The number of benzene rings is 5. The summed E-state index contributed by atoms with van der Waals surface area (Å²) in [6, 6.07) is 41.3. The van der Waals surface area contributed by atoms with Gasteiger partial charge in [0.25, 0.3) is 0 Å². The molecule has 240 valence electrons. The highest BCUT2D eigenvalue weighted by Gasteiger charge is 2.37. The predicted molar refractivity (Wildman–Crippen MR) is 203 cm³/mol. The Morgan fingerprint density at radius 3 is 2.04 bits per heavy atom. The molecule has 0 bridgehead atoms. The maximum Gasteiger partial charge on any atom is 0.227 e. The van der Waals surface area contributed by atoms with Crippen LogP contribution in [-0.4, -0.2) is 14.5 Å². The van der Waals surface area contributed by atoms with Gasteiger partial charge in [0.05, 0.1) is 28.0 Å². The minimum absolute atomic E-state index is 0.144. The third kappa shape index (κ3) is 4.36. The number of furan rings is 1. The van der Waals surface area contributed by atoms with Crippen LogP contribution < -0.4 is 0 Å². The summed E-state index contributed by atoms with van der Waals surface area (Å²) >= 11 is 0. The molecule has 0 saturated heterocycles. The summed E-state index contributed by atoms with van der Waals surface area (Å²) in [5, 5.41) is 2.10. The number of aromatic nitrogens is 3. The predicted octanol–water partition coefficient (Wildman–Crippen LogP) is 12.2. The first-order valence-electron chi connectivity index (χ1n) is 17.4. The second-order valence-corrected chi connectivity index (χ2v) is 14.6. The smallest absolute Gasteiger partial charge is 0.227 e. The van der Waals surface area contributed by atoms with E-state index < -0.39 is 0 Å². The second-order valence-electron chi connectivity index (χ2n) is 14.6. The molecule has 9 rings (SSSR count). The van der Waals surface area contributed by atoms with Crippen molar-refractivity contribution in [3.8, 4) is 39.5 Å². The topological polar surface area (TPSA) is 43.9 Å². The minimum Gasteiger partial charge on any atom is -0.437 e. The number of pyridine rings is 1. The molecule has 0 saturated carbocycles. The van der Waals surface area contributed by atoms with Gasteiger partial charge in [-0.2, -0.15) is 0 Å². The zero-order chi connectivity index (χ0) is 33.6. The van der Waals surface area contributed by atoms with E-state index in [0.717, 1.165) is 44.5 Å². The molecule has 1 aliphatic rings. The number of para-hydroxylation sites is 3. The van der Waals surface area contributed by atoms with Crippen LogP contribution in [0.4, 0.5) is 0 Å². The number of rotatable bonds is 5. The van der Waals surface area contributed by atoms with Gasteiger partial charge in [-0.1, -0.05) is 120 Å². The third-order valence-electron chi connectivity index (χ3n) is 10.6. The van der Waals surface area contributed by atoms with E-state index in [1.807, 2.05) is 0 Å². The van der Waals surface area contributed by atoms with Gasteiger partial charge in [0.1, 0.15) is 11.4 Å². The molecule has 0 fully saturated rings. The Labute approximate surface area is 287 Å². The van der Waals surface area contributed by atoms with Crippen molar-refractivity contribution < 1.29 is 4.42 Å². The normalized spacial score (nSPS) is 13.6. The second kappa shape index (κ2) is 10.8. The summed E-state index contributed by atoms with van der Waals surface area (Å²) in [6.45, 7) is 13.8. The van der Waals surface area contributed by atoms with Crippen molar-refractivity contribution in [2.24, 2.45) is 0 Å². The highest BCUT2D eigenvalue weighted by Crippen LogP contribution is 2.50. The fraction of sp³-hybridized carbons (Fsp3) is 0.200. The number of fused-ring (bicyclic) bond motifs is 7. The summed E-state index contributed by atoms with van der Waals surface area (Å²) in [5.74, 6) is 1.44. The first-order valence-corrected chi connectivity index (χ1v) is 17.4. The first-order chi connectivity index (χ1) is 23.7. The van der Waals surface area contributed by atoms with Gasteiger partial charge in [-0.25, -0.2) is 9.97 Å². The molecule has 0 amide bonds. The van der Waals surface area contributed by atoms with E-state index in [2.05, 4.69) is 161 Å². The van der Waals surface area contributed by atoms with Crippen LogP contribution in [0.25, 0.3) is 72.6 Å². The Balaban J connectivity index is 1.33. The highest BCUT2D eigenvalue weighted by molar-refractivity contribution is 6.09. The van der Waals surface area contributed by atoms with E-state index in [-0.39, 0.29) is 17.3 Å². The number of hydrogen-bond donors (Lipinski definition) is 0. The molecule has 5 aromatic carbocycles. The fourth-order valence-corrected chi connectivity index (χ4v) is 8.01. The molecule has 49 heavy (non-hydrogen) atoms. The average molecular weight is 638 g/mol. The van der Waals surface area contributed by atoms with Gasteiger partial charge in [0.2, 0.25) is 5.71 Å². The number of imidazole rings is 1. The highest BCUT2D eigenvalue weighted by atomic mass is 16.3. The van der Waals surface area contributed by atoms with E-state index in [9.17, 15) is 0 Å². The van der Waals surface area contributed by atoms with Crippen LogP contribution in [0.15, 0.2) is 120 Å². The average Bonchev–Trinajstić information content (AvgIpc) is 3.75. The molecule has 1 aliphatic carbocycles. The van der Waals surface area contributed by atoms with E-state index >= 15 is 0 Å². The van der Waals surface area contributed by atoms with Crippen LogP contribution >= 0.6 is 0 Å². The van der Waals surface area contributed by atoms with E-state index in [1.54, 1.807) is 0 Å². The van der Waals surface area contributed by atoms with Gasteiger partial charge >= 0.3 is 0 Å². The molecule has 0 radical (unpaired) electrons. The van der Waals surface area contributed by atoms with Gasteiger partial charge in [0.15, 0.2) is 0 Å². The SMILES string of the molecule is CC(C)c1cc(-c2ccccc2)cc(C(C)C)c1-n1c(-c2cccc3c2oc2nc4c(cc23)C(C)(C)c2ccccc2-4)nc2ccccc21. The van der Waals surface area contributed by atoms with Crippen LogP contribution in [0.5, 0.6) is 0 Å². The minimum atomic E-state index is -0.144. The summed E-state index contributed by atoms with van der Waals surface area (Å²) in [5.41, 5.74) is 15.4. The lowest BCUT2D eigenvalue weighted by Crippen LogP contribution is -2.14. The van der Waals surface area contributed by atoms with Gasteiger partial charge < -0.3 is 4.42 Å². The van der Waals surface area contributed by atoms with Crippen molar-refractivity contribution in [1.82, 2.24) is 14.5 Å². The number of hydrogen-bond acceptors (Lipinski definition) is 3. The summed E-state index contributed by atoms with van der Waals surface area (Å²) in [7, 11) is 0. The molecule has 0 spiro atoms. The van der Waals surface area contributed by atoms with Crippen LogP contribution in [0.2, 0.25) is 0 Å². The molecular formula is C45H39N3O. The van der Waals surface area contributed by atoms with Crippen LogP contribution in [-0.2, 0) is 5.41 Å². The first kappa shape index (κ1) is 29.6. The maximum absolute atomic E-state index is 6.80.